The van der Waals surface area contributed by atoms with Crippen molar-refractivity contribution in [2.24, 2.45) is 0 Å². The van der Waals surface area contributed by atoms with E-state index in [-0.39, 0.29) is 0 Å². The van der Waals surface area contributed by atoms with Gasteiger partial charge in [-0.2, -0.15) is 0 Å². The summed E-state index contributed by atoms with van der Waals surface area (Å²) < 4.78 is 0. The monoisotopic (exact) mass is 256 g/mol. The number of hydrogen-bond donors (Lipinski definition) is 1. The minimum absolute atomic E-state index is 0.818. The third-order valence-electron chi connectivity index (χ3n) is 4.61. The Bertz CT molecular complexity index is 523. The SMILES string of the molecule is CN(CCc1c[nH]c2ccccc12)C1CCCCC1. The van der Waals surface area contributed by atoms with Gasteiger partial charge in [0, 0.05) is 29.7 Å². The van der Waals surface area contributed by atoms with Gasteiger partial charge in [0.05, 0.1) is 0 Å². The molecule has 0 spiro atoms. The fourth-order valence-electron chi connectivity index (χ4n) is 3.34. The van der Waals surface area contributed by atoms with Gasteiger partial charge in [0.15, 0.2) is 0 Å². The highest BCUT2D eigenvalue weighted by atomic mass is 15.1. The van der Waals surface area contributed by atoms with Crippen LogP contribution in [0.2, 0.25) is 0 Å². The molecule has 0 aliphatic heterocycles. The minimum Gasteiger partial charge on any atom is -0.361 e. The van der Waals surface area contributed by atoms with Crippen molar-refractivity contribution < 1.29 is 0 Å². The zero-order valence-electron chi connectivity index (χ0n) is 11.9. The number of benzene rings is 1. The summed E-state index contributed by atoms with van der Waals surface area (Å²) in [4.78, 5) is 5.94. The van der Waals surface area contributed by atoms with Gasteiger partial charge in [-0.1, -0.05) is 37.5 Å². The average Bonchev–Trinajstić information content (AvgIpc) is 2.89. The quantitative estimate of drug-likeness (QED) is 0.877. The number of para-hydroxylation sites is 1. The van der Waals surface area contributed by atoms with Crippen molar-refractivity contribution in [1.82, 2.24) is 9.88 Å². The van der Waals surface area contributed by atoms with Crippen molar-refractivity contribution in [3.63, 3.8) is 0 Å². The Kier molecular flexibility index (Phi) is 3.88. The summed E-state index contributed by atoms with van der Waals surface area (Å²) in [6.45, 7) is 1.17. The Morgan fingerprint density at radius 1 is 1.16 bits per heavy atom. The minimum atomic E-state index is 0.818. The number of fused-ring (bicyclic) bond motifs is 1. The molecule has 2 heteroatoms. The van der Waals surface area contributed by atoms with Crippen molar-refractivity contribution in [3.8, 4) is 0 Å². The highest BCUT2D eigenvalue weighted by molar-refractivity contribution is 5.83. The number of aromatic amines is 1. The largest absolute Gasteiger partial charge is 0.361 e. The van der Waals surface area contributed by atoms with Gasteiger partial charge in [0.25, 0.3) is 0 Å². The van der Waals surface area contributed by atoms with E-state index in [9.17, 15) is 0 Å². The van der Waals surface area contributed by atoms with E-state index in [0.717, 1.165) is 12.5 Å². The molecular formula is C17H24N2. The number of nitrogens with one attached hydrogen (secondary N) is 1. The van der Waals surface area contributed by atoms with E-state index in [2.05, 4.69) is 47.4 Å². The van der Waals surface area contributed by atoms with E-state index in [1.807, 2.05) is 0 Å². The Morgan fingerprint density at radius 2 is 1.95 bits per heavy atom. The molecule has 0 atom stereocenters. The van der Waals surface area contributed by atoms with Crippen LogP contribution in [0.25, 0.3) is 10.9 Å². The molecular weight excluding hydrogens is 232 g/mol. The lowest BCUT2D eigenvalue weighted by atomic mass is 9.94. The van der Waals surface area contributed by atoms with Crippen LogP contribution < -0.4 is 0 Å². The van der Waals surface area contributed by atoms with Gasteiger partial charge < -0.3 is 9.88 Å². The Morgan fingerprint density at radius 3 is 2.79 bits per heavy atom. The fraction of sp³-hybridized carbons (Fsp3) is 0.529. The lowest BCUT2D eigenvalue weighted by molar-refractivity contribution is 0.194. The molecule has 1 fully saturated rings. The van der Waals surface area contributed by atoms with Crippen LogP contribution in [0.15, 0.2) is 30.5 Å². The van der Waals surface area contributed by atoms with Crippen LogP contribution in [0, 0.1) is 0 Å². The molecule has 1 aromatic heterocycles. The van der Waals surface area contributed by atoms with Crippen molar-refractivity contribution in [2.45, 2.75) is 44.6 Å². The van der Waals surface area contributed by atoms with Crippen molar-refractivity contribution in [3.05, 3.63) is 36.0 Å². The highest BCUT2D eigenvalue weighted by Gasteiger charge is 2.17. The third-order valence-corrected chi connectivity index (χ3v) is 4.61. The van der Waals surface area contributed by atoms with Gasteiger partial charge in [-0.3, -0.25) is 0 Å². The van der Waals surface area contributed by atoms with Gasteiger partial charge in [-0.15, -0.1) is 0 Å². The van der Waals surface area contributed by atoms with Crippen LogP contribution in [0.1, 0.15) is 37.7 Å². The van der Waals surface area contributed by atoms with Crippen LogP contribution >= 0.6 is 0 Å². The Hall–Kier alpha value is -1.28. The lowest BCUT2D eigenvalue weighted by Crippen LogP contribution is -2.34. The van der Waals surface area contributed by atoms with E-state index >= 15 is 0 Å². The van der Waals surface area contributed by atoms with E-state index in [1.54, 1.807) is 0 Å². The molecule has 1 saturated carbocycles. The number of hydrogen-bond acceptors (Lipinski definition) is 1. The van der Waals surface area contributed by atoms with E-state index in [0.29, 0.717) is 0 Å². The molecule has 1 aliphatic rings. The van der Waals surface area contributed by atoms with Crippen LogP contribution in [-0.4, -0.2) is 29.5 Å². The molecule has 1 heterocycles. The second-order valence-corrected chi connectivity index (χ2v) is 5.88. The van der Waals surface area contributed by atoms with Crippen LogP contribution in [-0.2, 0) is 6.42 Å². The number of rotatable bonds is 4. The van der Waals surface area contributed by atoms with E-state index in [4.69, 9.17) is 0 Å². The van der Waals surface area contributed by atoms with Gasteiger partial charge in [-0.05, 0) is 37.9 Å². The van der Waals surface area contributed by atoms with Gasteiger partial charge in [-0.25, -0.2) is 0 Å². The van der Waals surface area contributed by atoms with Crippen molar-refractivity contribution in [1.29, 1.82) is 0 Å². The van der Waals surface area contributed by atoms with Crippen molar-refractivity contribution >= 4 is 10.9 Å². The molecule has 2 aromatic rings. The summed E-state index contributed by atoms with van der Waals surface area (Å²) in [5.41, 5.74) is 2.72. The first-order chi connectivity index (χ1) is 9.34. The average molecular weight is 256 g/mol. The summed E-state index contributed by atoms with van der Waals surface area (Å²) >= 11 is 0. The standard InChI is InChI=1S/C17H24N2/c1-19(15-7-3-2-4-8-15)12-11-14-13-18-17-10-6-5-9-16(14)17/h5-6,9-10,13,15,18H,2-4,7-8,11-12H2,1H3. The predicted molar refractivity (Wildman–Crippen MR) is 81.5 cm³/mol. The highest BCUT2D eigenvalue weighted by Crippen LogP contribution is 2.23. The summed E-state index contributed by atoms with van der Waals surface area (Å²) in [6.07, 6.45) is 10.4. The summed E-state index contributed by atoms with van der Waals surface area (Å²) in [7, 11) is 2.30. The summed E-state index contributed by atoms with van der Waals surface area (Å²) in [5, 5.41) is 1.39. The van der Waals surface area contributed by atoms with Gasteiger partial charge >= 0.3 is 0 Å². The Labute approximate surface area is 115 Å². The van der Waals surface area contributed by atoms with Crippen molar-refractivity contribution in [2.75, 3.05) is 13.6 Å². The summed E-state index contributed by atoms with van der Waals surface area (Å²) in [5.74, 6) is 0. The maximum absolute atomic E-state index is 3.37. The number of H-pyrrole nitrogens is 1. The molecule has 0 bridgehead atoms. The molecule has 1 aromatic carbocycles. The first-order valence-electron chi connectivity index (χ1n) is 7.60. The van der Waals surface area contributed by atoms with E-state index in [1.165, 1.54) is 55.1 Å². The van der Waals surface area contributed by atoms with Crippen LogP contribution in [0.5, 0.6) is 0 Å². The molecule has 0 unspecified atom stereocenters. The van der Waals surface area contributed by atoms with Gasteiger partial charge in [0.2, 0.25) is 0 Å². The topological polar surface area (TPSA) is 19.0 Å². The molecule has 0 amide bonds. The number of nitrogens with zero attached hydrogens (tertiary/aromatic N) is 1. The molecule has 2 nitrogen and oxygen atoms in total. The Balaban J connectivity index is 1.62. The first kappa shape index (κ1) is 12.7. The van der Waals surface area contributed by atoms with Crippen LogP contribution in [0.4, 0.5) is 0 Å². The molecule has 19 heavy (non-hydrogen) atoms. The first-order valence-corrected chi connectivity index (χ1v) is 7.60. The molecule has 0 saturated heterocycles. The number of likely N-dealkylation sites (N-methyl/N-ethyl adjacent to an activating group) is 1. The maximum atomic E-state index is 3.37. The molecule has 3 rings (SSSR count). The predicted octanol–water partition coefficient (Wildman–Crippen LogP) is 3.97. The zero-order valence-corrected chi connectivity index (χ0v) is 11.9. The molecule has 102 valence electrons. The van der Waals surface area contributed by atoms with Crippen LogP contribution in [0.3, 0.4) is 0 Å². The second kappa shape index (κ2) is 5.79. The third kappa shape index (κ3) is 2.84. The zero-order chi connectivity index (χ0) is 13.1. The number of aromatic nitrogens is 1. The van der Waals surface area contributed by atoms with Gasteiger partial charge in [0.1, 0.15) is 0 Å². The molecule has 0 radical (unpaired) electrons. The molecule has 1 aliphatic carbocycles. The normalized spacial score (nSPS) is 17.4. The molecule has 1 N–H and O–H groups in total. The maximum Gasteiger partial charge on any atom is 0.0456 e. The lowest BCUT2D eigenvalue weighted by Gasteiger charge is -2.31. The fourth-order valence-corrected chi connectivity index (χ4v) is 3.34. The second-order valence-electron chi connectivity index (χ2n) is 5.88. The van der Waals surface area contributed by atoms with E-state index < -0.39 is 0 Å². The smallest absolute Gasteiger partial charge is 0.0456 e. The summed E-state index contributed by atoms with van der Waals surface area (Å²) in [6, 6.07) is 9.42.